The molecule has 2 rings (SSSR count). The molecule has 1 aromatic heterocycles. The van der Waals surface area contributed by atoms with Crippen LogP contribution in [0.5, 0.6) is 5.75 Å². The van der Waals surface area contributed by atoms with E-state index < -0.39 is 0 Å². The normalized spacial score (nSPS) is 9.61. The minimum Gasteiger partial charge on any atom is -0.497 e. The molecule has 1 heterocycles. The van der Waals surface area contributed by atoms with Gasteiger partial charge in [-0.15, -0.1) is 0 Å². The van der Waals surface area contributed by atoms with Gasteiger partial charge in [0.15, 0.2) is 0 Å². The highest BCUT2D eigenvalue weighted by Crippen LogP contribution is 2.14. The van der Waals surface area contributed by atoms with Crippen molar-refractivity contribution < 1.29 is 9.53 Å². The van der Waals surface area contributed by atoms with Gasteiger partial charge in [0.1, 0.15) is 11.4 Å². The number of rotatable bonds is 4. The molecule has 0 unspecified atom stereocenters. The number of carbonyl (C=O) groups excluding carboxylic acids is 1. The van der Waals surface area contributed by atoms with Crippen molar-refractivity contribution in [2.24, 2.45) is 0 Å². The molecule has 5 nitrogen and oxygen atoms in total. The van der Waals surface area contributed by atoms with Crippen LogP contribution >= 0.6 is 0 Å². The quantitative estimate of drug-likeness (QED) is 0.804. The second-order valence-corrected chi connectivity index (χ2v) is 3.52. The Morgan fingerprint density at radius 2 is 1.94 bits per heavy atom. The Kier molecular flexibility index (Phi) is 3.76. The number of benzene rings is 1. The van der Waals surface area contributed by atoms with E-state index in [4.69, 9.17) is 4.74 Å². The van der Waals surface area contributed by atoms with Crippen LogP contribution in [0.3, 0.4) is 0 Å². The minimum absolute atomic E-state index is 0.286. The number of nitrogens with one attached hydrogen (secondary N) is 2. The third-order valence-electron chi connectivity index (χ3n) is 2.31. The Balaban J connectivity index is 1.93. The Bertz CT molecular complexity index is 512. The van der Waals surface area contributed by atoms with Crippen molar-refractivity contribution >= 4 is 11.6 Å². The second-order valence-electron chi connectivity index (χ2n) is 3.52. The first kappa shape index (κ1) is 11.9. The molecule has 2 aromatic rings. The van der Waals surface area contributed by atoms with Crippen LogP contribution in [-0.2, 0) is 0 Å². The first-order valence-electron chi connectivity index (χ1n) is 5.41. The highest BCUT2D eigenvalue weighted by Gasteiger charge is 2.04. The third-order valence-corrected chi connectivity index (χ3v) is 2.31. The van der Waals surface area contributed by atoms with Gasteiger partial charge in [-0.1, -0.05) is 6.07 Å². The van der Waals surface area contributed by atoms with Crippen LogP contribution in [0.25, 0.3) is 0 Å². The number of pyridine rings is 1. The average Bonchev–Trinajstić information content (AvgIpc) is 2.46. The first-order valence-corrected chi connectivity index (χ1v) is 5.41. The van der Waals surface area contributed by atoms with E-state index in [-0.39, 0.29) is 5.91 Å². The lowest BCUT2D eigenvalue weighted by Gasteiger charge is -2.08. The lowest BCUT2D eigenvalue weighted by molar-refractivity contribution is 0.0958. The van der Waals surface area contributed by atoms with E-state index in [0.717, 1.165) is 11.4 Å². The third kappa shape index (κ3) is 2.98. The van der Waals surface area contributed by atoms with Gasteiger partial charge < -0.3 is 4.74 Å². The molecule has 0 spiro atoms. The zero-order valence-corrected chi connectivity index (χ0v) is 9.88. The fourth-order valence-electron chi connectivity index (χ4n) is 1.36. The summed E-state index contributed by atoms with van der Waals surface area (Å²) in [7, 11) is 1.60. The van der Waals surface area contributed by atoms with Crippen LogP contribution in [0.1, 0.15) is 10.5 Å². The van der Waals surface area contributed by atoms with E-state index in [1.165, 1.54) is 0 Å². The van der Waals surface area contributed by atoms with E-state index >= 15 is 0 Å². The van der Waals surface area contributed by atoms with Gasteiger partial charge in [-0.3, -0.25) is 20.6 Å². The monoisotopic (exact) mass is 243 g/mol. The summed E-state index contributed by atoms with van der Waals surface area (Å²) < 4.78 is 5.04. The molecule has 1 aromatic carbocycles. The van der Waals surface area contributed by atoms with Gasteiger partial charge in [0, 0.05) is 6.20 Å². The number of aromatic nitrogens is 1. The van der Waals surface area contributed by atoms with E-state index in [1.807, 2.05) is 0 Å². The summed E-state index contributed by atoms with van der Waals surface area (Å²) in [5.41, 5.74) is 6.48. The van der Waals surface area contributed by atoms with Crippen molar-refractivity contribution in [2.75, 3.05) is 12.5 Å². The Labute approximate surface area is 105 Å². The molecule has 0 saturated carbocycles. The summed E-state index contributed by atoms with van der Waals surface area (Å²) in [4.78, 5) is 15.6. The number of methoxy groups -OCH3 is 1. The standard InChI is InChI=1S/C13H13N3O2/c1-18-11-7-5-10(6-8-11)15-16-13(17)12-4-2-3-9-14-12/h2-9,15H,1H3,(H,16,17). The maximum absolute atomic E-state index is 11.7. The second kappa shape index (κ2) is 5.67. The van der Waals surface area contributed by atoms with Crippen LogP contribution in [0.4, 0.5) is 5.69 Å². The number of hydrazine groups is 1. The van der Waals surface area contributed by atoms with Crippen molar-refractivity contribution in [3.63, 3.8) is 0 Å². The van der Waals surface area contributed by atoms with Gasteiger partial charge in [-0.2, -0.15) is 0 Å². The summed E-state index contributed by atoms with van der Waals surface area (Å²) in [6.07, 6.45) is 1.57. The number of ether oxygens (including phenoxy) is 1. The largest absolute Gasteiger partial charge is 0.497 e. The predicted octanol–water partition coefficient (Wildman–Crippen LogP) is 1.85. The molecule has 92 valence electrons. The fraction of sp³-hybridized carbons (Fsp3) is 0.0769. The molecule has 5 heteroatoms. The summed E-state index contributed by atoms with van der Waals surface area (Å²) >= 11 is 0. The SMILES string of the molecule is COc1ccc(NNC(=O)c2ccccn2)cc1. The van der Waals surface area contributed by atoms with Crippen LogP contribution in [-0.4, -0.2) is 18.0 Å². The van der Waals surface area contributed by atoms with Crippen molar-refractivity contribution in [3.05, 3.63) is 54.4 Å². The zero-order chi connectivity index (χ0) is 12.8. The molecule has 0 fully saturated rings. The van der Waals surface area contributed by atoms with Crippen molar-refractivity contribution in [2.45, 2.75) is 0 Å². The summed E-state index contributed by atoms with van der Waals surface area (Å²) in [5, 5.41) is 0. The number of amides is 1. The number of anilines is 1. The fourth-order valence-corrected chi connectivity index (χ4v) is 1.36. The van der Waals surface area contributed by atoms with Crippen LogP contribution < -0.4 is 15.6 Å². The highest BCUT2D eigenvalue weighted by molar-refractivity contribution is 5.92. The average molecular weight is 243 g/mol. The van der Waals surface area contributed by atoms with Gasteiger partial charge >= 0.3 is 0 Å². The molecule has 0 aliphatic carbocycles. The molecule has 0 bridgehead atoms. The Hall–Kier alpha value is -2.56. The zero-order valence-electron chi connectivity index (χ0n) is 9.88. The number of carbonyl (C=O) groups is 1. The summed E-state index contributed by atoms with van der Waals surface area (Å²) in [5.74, 6) is 0.475. The molecule has 0 atom stereocenters. The molecule has 0 aliphatic heterocycles. The molecule has 0 saturated heterocycles. The molecule has 2 N–H and O–H groups in total. The Morgan fingerprint density at radius 1 is 1.17 bits per heavy atom. The van der Waals surface area contributed by atoms with Gasteiger partial charge in [0.25, 0.3) is 5.91 Å². The number of nitrogens with zero attached hydrogens (tertiary/aromatic N) is 1. The minimum atomic E-state index is -0.286. The van der Waals surface area contributed by atoms with Gasteiger partial charge in [0.05, 0.1) is 12.8 Å². The van der Waals surface area contributed by atoms with E-state index in [2.05, 4.69) is 15.8 Å². The van der Waals surface area contributed by atoms with Crippen molar-refractivity contribution in [3.8, 4) is 5.75 Å². The maximum Gasteiger partial charge on any atom is 0.288 e. The van der Waals surface area contributed by atoms with Gasteiger partial charge in [-0.05, 0) is 36.4 Å². The van der Waals surface area contributed by atoms with Crippen LogP contribution in [0, 0.1) is 0 Å². The molecular weight excluding hydrogens is 230 g/mol. The van der Waals surface area contributed by atoms with Crippen LogP contribution in [0.15, 0.2) is 48.7 Å². The first-order chi connectivity index (χ1) is 8.79. The number of hydrogen-bond acceptors (Lipinski definition) is 4. The number of hydrogen-bond donors (Lipinski definition) is 2. The van der Waals surface area contributed by atoms with Gasteiger partial charge in [0.2, 0.25) is 0 Å². The smallest absolute Gasteiger partial charge is 0.288 e. The molecule has 1 amide bonds. The van der Waals surface area contributed by atoms with Crippen molar-refractivity contribution in [1.82, 2.24) is 10.4 Å². The van der Waals surface area contributed by atoms with E-state index in [9.17, 15) is 4.79 Å². The molecule has 0 aliphatic rings. The summed E-state index contributed by atoms with van der Waals surface area (Å²) in [6.45, 7) is 0. The molecular formula is C13H13N3O2. The van der Waals surface area contributed by atoms with Crippen LogP contribution in [0.2, 0.25) is 0 Å². The topological polar surface area (TPSA) is 63.2 Å². The maximum atomic E-state index is 11.7. The lowest BCUT2D eigenvalue weighted by Crippen LogP contribution is -2.29. The summed E-state index contributed by atoms with van der Waals surface area (Å²) in [6, 6.07) is 12.4. The highest BCUT2D eigenvalue weighted by atomic mass is 16.5. The van der Waals surface area contributed by atoms with E-state index in [1.54, 1.807) is 55.8 Å². The predicted molar refractivity (Wildman–Crippen MR) is 68.3 cm³/mol. The Morgan fingerprint density at radius 3 is 2.56 bits per heavy atom. The van der Waals surface area contributed by atoms with Crippen molar-refractivity contribution in [1.29, 1.82) is 0 Å². The van der Waals surface area contributed by atoms with Gasteiger partial charge in [-0.25, -0.2) is 0 Å². The van der Waals surface area contributed by atoms with E-state index in [0.29, 0.717) is 5.69 Å². The lowest BCUT2D eigenvalue weighted by atomic mass is 10.3. The molecule has 18 heavy (non-hydrogen) atoms. The molecule has 0 radical (unpaired) electrons.